The molecule has 4 rings (SSSR count). The van der Waals surface area contributed by atoms with Crippen LogP contribution in [0.15, 0.2) is 35.2 Å². The maximum absolute atomic E-state index is 12.9. The Morgan fingerprint density at radius 1 is 1.27 bits per heavy atom. The van der Waals surface area contributed by atoms with Gasteiger partial charge in [0, 0.05) is 18.2 Å². The van der Waals surface area contributed by atoms with Gasteiger partial charge in [0.2, 0.25) is 0 Å². The van der Waals surface area contributed by atoms with Crippen LogP contribution in [0, 0.1) is 5.82 Å². The van der Waals surface area contributed by atoms with Crippen molar-refractivity contribution in [1.82, 2.24) is 4.98 Å². The van der Waals surface area contributed by atoms with Crippen LogP contribution in [-0.2, 0) is 6.42 Å². The highest BCUT2D eigenvalue weighted by Crippen LogP contribution is 2.37. The Hall–Kier alpha value is -1.95. The van der Waals surface area contributed by atoms with Crippen LogP contribution in [0.5, 0.6) is 5.75 Å². The molecule has 0 atom stereocenters. The zero-order valence-electron chi connectivity index (χ0n) is 12.0. The van der Waals surface area contributed by atoms with Crippen LogP contribution in [0.2, 0.25) is 0 Å². The highest BCUT2D eigenvalue weighted by Gasteiger charge is 2.31. The van der Waals surface area contributed by atoms with Crippen LogP contribution in [-0.4, -0.2) is 29.9 Å². The molecular formula is C16H16FN3OS. The molecule has 0 radical (unpaired) electrons. The quantitative estimate of drug-likeness (QED) is 0.943. The summed E-state index contributed by atoms with van der Waals surface area (Å²) in [5.41, 5.74) is 8.05. The van der Waals surface area contributed by atoms with Gasteiger partial charge in [-0.25, -0.2) is 9.37 Å². The summed E-state index contributed by atoms with van der Waals surface area (Å²) in [6.07, 6.45) is 1.10. The minimum absolute atomic E-state index is 0.108. The van der Waals surface area contributed by atoms with Crippen molar-refractivity contribution >= 4 is 23.3 Å². The number of fused-ring (bicyclic) bond motifs is 1. The molecule has 1 aromatic heterocycles. The Bertz CT molecular complexity index is 701. The molecule has 2 aromatic rings. The van der Waals surface area contributed by atoms with Gasteiger partial charge in [-0.3, -0.25) is 0 Å². The molecule has 0 saturated carbocycles. The third-order valence-corrected chi connectivity index (χ3v) is 5.10. The number of hydrogen-bond acceptors (Lipinski definition) is 5. The van der Waals surface area contributed by atoms with E-state index in [1.165, 1.54) is 12.1 Å². The second-order valence-corrected chi connectivity index (χ2v) is 6.65. The van der Waals surface area contributed by atoms with E-state index in [-0.39, 0.29) is 11.9 Å². The lowest BCUT2D eigenvalue weighted by molar-refractivity contribution is 0.166. The lowest BCUT2D eigenvalue weighted by atomic mass is 10.1. The van der Waals surface area contributed by atoms with Gasteiger partial charge in [0.05, 0.1) is 29.4 Å². The maximum Gasteiger partial charge on any atom is 0.134 e. The second-order valence-electron chi connectivity index (χ2n) is 5.54. The summed E-state index contributed by atoms with van der Waals surface area (Å²) in [6.45, 7) is 1.55. The molecular weight excluding hydrogens is 301 g/mol. The molecule has 4 nitrogen and oxygen atoms in total. The molecule has 114 valence electrons. The van der Waals surface area contributed by atoms with Crippen molar-refractivity contribution in [3.8, 4) is 5.75 Å². The zero-order chi connectivity index (χ0) is 15.1. The van der Waals surface area contributed by atoms with Gasteiger partial charge < -0.3 is 15.4 Å². The first-order valence-electron chi connectivity index (χ1n) is 7.28. The summed E-state index contributed by atoms with van der Waals surface area (Å²) >= 11 is 1.78. The Kier molecular flexibility index (Phi) is 3.33. The highest BCUT2D eigenvalue weighted by atomic mass is 32.2. The SMILES string of the molecule is Nc1cc(N2CC(Oc3ccc(F)cc3)C2)nc2c1SCC2. The van der Waals surface area contributed by atoms with Crippen LogP contribution >= 0.6 is 11.8 Å². The average molecular weight is 317 g/mol. The molecule has 1 fully saturated rings. The Labute approximate surface area is 132 Å². The number of aromatic nitrogens is 1. The third kappa shape index (κ3) is 2.47. The summed E-state index contributed by atoms with van der Waals surface area (Å²) in [6, 6.07) is 8.07. The molecule has 1 saturated heterocycles. The Balaban J connectivity index is 1.41. The van der Waals surface area contributed by atoms with E-state index in [4.69, 9.17) is 15.5 Å². The first-order chi connectivity index (χ1) is 10.7. The van der Waals surface area contributed by atoms with Gasteiger partial charge in [0.1, 0.15) is 23.5 Å². The fourth-order valence-corrected chi connectivity index (χ4v) is 3.79. The van der Waals surface area contributed by atoms with E-state index in [9.17, 15) is 4.39 Å². The predicted octanol–water partition coefficient (Wildman–Crippen LogP) is 2.72. The van der Waals surface area contributed by atoms with E-state index in [1.807, 2.05) is 6.07 Å². The van der Waals surface area contributed by atoms with Crippen molar-refractivity contribution in [2.24, 2.45) is 0 Å². The van der Waals surface area contributed by atoms with Crippen molar-refractivity contribution in [3.05, 3.63) is 41.8 Å². The lowest BCUT2D eigenvalue weighted by Crippen LogP contribution is -2.54. The van der Waals surface area contributed by atoms with E-state index in [0.717, 1.165) is 47.4 Å². The van der Waals surface area contributed by atoms with E-state index >= 15 is 0 Å². The molecule has 0 spiro atoms. The van der Waals surface area contributed by atoms with E-state index in [2.05, 4.69) is 4.90 Å². The van der Waals surface area contributed by atoms with Crippen molar-refractivity contribution in [2.75, 3.05) is 29.5 Å². The topological polar surface area (TPSA) is 51.4 Å². The zero-order valence-corrected chi connectivity index (χ0v) is 12.8. The van der Waals surface area contributed by atoms with Gasteiger partial charge in [0.25, 0.3) is 0 Å². The summed E-state index contributed by atoms with van der Waals surface area (Å²) in [5, 5.41) is 0. The number of aryl methyl sites for hydroxylation is 1. The molecule has 2 aliphatic heterocycles. The minimum Gasteiger partial charge on any atom is -0.487 e. The predicted molar refractivity (Wildman–Crippen MR) is 86.1 cm³/mol. The highest BCUT2D eigenvalue weighted by molar-refractivity contribution is 7.99. The smallest absolute Gasteiger partial charge is 0.134 e. The molecule has 2 N–H and O–H groups in total. The van der Waals surface area contributed by atoms with Crippen LogP contribution in [0.3, 0.4) is 0 Å². The number of anilines is 2. The van der Waals surface area contributed by atoms with Gasteiger partial charge in [0.15, 0.2) is 0 Å². The third-order valence-electron chi connectivity index (χ3n) is 3.93. The second kappa shape index (κ2) is 5.35. The number of benzene rings is 1. The van der Waals surface area contributed by atoms with Gasteiger partial charge in [-0.2, -0.15) is 0 Å². The number of nitrogens with zero attached hydrogens (tertiary/aromatic N) is 2. The Morgan fingerprint density at radius 2 is 2.05 bits per heavy atom. The van der Waals surface area contributed by atoms with Gasteiger partial charge in [-0.1, -0.05) is 0 Å². The number of ether oxygens (including phenoxy) is 1. The normalized spacial score (nSPS) is 17.2. The van der Waals surface area contributed by atoms with Crippen LogP contribution in [0.4, 0.5) is 15.9 Å². The molecule has 0 bridgehead atoms. The van der Waals surface area contributed by atoms with Crippen LogP contribution in [0.1, 0.15) is 5.69 Å². The largest absolute Gasteiger partial charge is 0.487 e. The van der Waals surface area contributed by atoms with E-state index in [1.54, 1.807) is 23.9 Å². The number of thioether (sulfide) groups is 1. The Morgan fingerprint density at radius 3 is 2.82 bits per heavy atom. The number of pyridine rings is 1. The number of rotatable bonds is 3. The number of hydrogen-bond donors (Lipinski definition) is 1. The van der Waals surface area contributed by atoms with Crippen LogP contribution < -0.4 is 15.4 Å². The molecule has 3 heterocycles. The van der Waals surface area contributed by atoms with Crippen molar-refractivity contribution < 1.29 is 9.13 Å². The fraction of sp³-hybridized carbons (Fsp3) is 0.312. The molecule has 0 unspecified atom stereocenters. The average Bonchev–Trinajstić information content (AvgIpc) is 2.93. The monoisotopic (exact) mass is 317 g/mol. The maximum atomic E-state index is 12.9. The number of nitrogens with two attached hydrogens (primary N) is 1. The summed E-state index contributed by atoms with van der Waals surface area (Å²) in [5.74, 6) is 2.44. The summed E-state index contributed by atoms with van der Waals surface area (Å²) in [7, 11) is 0. The van der Waals surface area contributed by atoms with Crippen molar-refractivity contribution in [3.63, 3.8) is 0 Å². The van der Waals surface area contributed by atoms with E-state index in [0.29, 0.717) is 5.75 Å². The first kappa shape index (κ1) is 13.7. The number of nitrogen functional groups attached to an aromatic ring is 1. The molecule has 0 amide bonds. The van der Waals surface area contributed by atoms with Crippen molar-refractivity contribution in [1.29, 1.82) is 0 Å². The summed E-state index contributed by atoms with van der Waals surface area (Å²) in [4.78, 5) is 8.01. The molecule has 22 heavy (non-hydrogen) atoms. The van der Waals surface area contributed by atoms with Gasteiger partial charge in [-0.15, -0.1) is 11.8 Å². The number of halogens is 1. The molecule has 2 aliphatic rings. The van der Waals surface area contributed by atoms with Crippen molar-refractivity contribution in [2.45, 2.75) is 17.4 Å². The minimum atomic E-state index is -0.252. The lowest BCUT2D eigenvalue weighted by Gasteiger charge is -2.40. The fourth-order valence-electron chi connectivity index (χ4n) is 2.75. The summed E-state index contributed by atoms with van der Waals surface area (Å²) < 4.78 is 18.7. The molecule has 0 aliphatic carbocycles. The van der Waals surface area contributed by atoms with E-state index < -0.39 is 0 Å². The van der Waals surface area contributed by atoms with Gasteiger partial charge >= 0.3 is 0 Å². The molecule has 1 aromatic carbocycles. The van der Waals surface area contributed by atoms with Gasteiger partial charge in [-0.05, 0) is 24.3 Å². The molecule has 6 heteroatoms. The first-order valence-corrected chi connectivity index (χ1v) is 8.27. The standard InChI is InChI=1S/C16H16FN3OS/c17-10-1-3-11(4-2-10)21-12-8-20(9-12)15-7-13(18)16-14(19-15)5-6-22-16/h1-4,7,12H,5-6,8-9H2,(H2,18,19). The van der Waals surface area contributed by atoms with Crippen LogP contribution in [0.25, 0.3) is 0 Å².